The molecule has 0 fully saturated rings. The molecule has 0 aromatic rings. The number of amides is 1. The first-order chi connectivity index (χ1) is 5.95. The molecule has 0 heterocycles. The number of rotatable bonds is 5. The molecule has 0 bridgehead atoms. The van der Waals surface area contributed by atoms with Crippen LogP contribution in [0.25, 0.3) is 0 Å². The number of allylic oxidation sites excluding steroid dienone is 1. The van der Waals surface area contributed by atoms with Gasteiger partial charge in [0.1, 0.15) is 0 Å². The molecular formula is C7H12KNO4S. The molecule has 0 rings (SSSR count). The molecule has 0 aromatic heterocycles. The first-order valence-corrected chi connectivity index (χ1v) is 5.37. The van der Waals surface area contributed by atoms with Crippen molar-refractivity contribution in [2.75, 3.05) is 12.3 Å². The molecule has 0 unspecified atom stereocenters. The minimum Gasteiger partial charge on any atom is -0.748 e. The molecule has 1 N–H and O–H groups in total. The van der Waals surface area contributed by atoms with Crippen LogP contribution in [0, 0.1) is 0 Å². The van der Waals surface area contributed by atoms with Gasteiger partial charge in [-0.2, -0.15) is 0 Å². The van der Waals surface area contributed by atoms with Gasteiger partial charge in [0.05, 0.1) is 10.1 Å². The summed E-state index contributed by atoms with van der Waals surface area (Å²) in [5.41, 5.74) is 0. The van der Waals surface area contributed by atoms with E-state index in [1.807, 2.05) is 0 Å². The van der Waals surface area contributed by atoms with Crippen molar-refractivity contribution < 1.29 is 69.1 Å². The summed E-state index contributed by atoms with van der Waals surface area (Å²) in [6.45, 7) is 1.90. The number of nitrogens with one attached hydrogen (secondary N) is 1. The Morgan fingerprint density at radius 2 is 2.07 bits per heavy atom. The molecule has 7 heteroatoms. The zero-order valence-electron chi connectivity index (χ0n) is 8.32. The Morgan fingerprint density at radius 3 is 2.50 bits per heavy atom. The molecule has 14 heavy (non-hydrogen) atoms. The average Bonchev–Trinajstić information content (AvgIpc) is 1.97. The SMILES string of the molecule is CC=CC(=O)NCCCS(=O)(=O)[O-].[K+]. The summed E-state index contributed by atoms with van der Waals surface area (Å²) in [6.07, 6.45) is 3.04. The molecular weight excluding hydrogens is 233 g/mol. The Labute approximate surface area is 127 Å². The molecule has 0 aliphatic heterocycles. The summed E-state index contributed by atoms with van der Waals surface area (Å²) in [5, 5.41) is 2.43. The zero-order chi connectivity index (χ0) is 10.3. The summed E-state index contributed by atoms with van der Waals surface area (Å²) < 4.78 is 30.4. The molecule has 0 aliphatic carbocycles. The van der Waals surface area contributed by atoms with Crippen LogP contribution in [0.1, 0.15) is 13.3 Å². The number of hydrogen-bond donors (Lipinski definition) is 1. The van der Waals surface area contributed by atoms with Crippen LogP contribution in [0.3, 0.4) is 0 Å². The van der Waals surface area contributed by atoms with E-state index in [0.717, 1.165) is 0 Å². The van der Waals surface area contributed by atoms with Crippen LogP contribution in [0.5, 0.6) is 0 Å². The van der Waals surface area contributed by atoms with Crippen LogP contribution in [0.15, 0.2) is 12.2 Å². The summed E-state index contributed by atoms with van der Waals surface area (Å²) in [4.78, 5) is 10.7. The Bertz CT molecular complexity index is 286. The van der Waals surface area contributed by atoms with Crippen LogP contribution in [0.4, 0.5) is 0 Å². The second-order valence-corrected chi connectivity index (χ2v) is 3.93. The summed E-state index contributed by atoms with van der Waals surface area (Å²) in [7, 11) is -4.15. The largest absolute Gasteiger partial charge is 1.00 e. The van der Waals surface area contributed by atoms with Gasteiger partial charge in [-0.1, -0.05) is 6.08 Å². The van der Waals surface area contributed by atoms with Gasteiger partial charge < -0.3 is 9.87 Å². The smallest absolute Gasteiger partial charge is 0.748 e. The Hall–Kier alpha value is 0.756. The predicted molar refractivity (Wildman–Crippen MR) is 47.0 cm³/mol. The van der Waals surface area contributed by atoms with Crippen molar-refractivity contribution in [2.24, 2.45) is 0 Å². The number of carbonyl (C=O) groups excluding carboxylic acids is 1. The van der Waals surface area contributed by atoms with E-state index in [1.54, 1.807) is 13.0 Å². The van der Waals surface area contributed by atoms with E-state index in [2.05, 4.69) is 5.32 Å². The van der Waals surface area contributed by atoms with Gasteiger partial charge in [-0.25, -0.2) is 8.42 Å². The number of hydrogen-bond acceptors (Lipinski definition) is 4. The van der Waals surface area contributed by atoms with E-state index in [0.29, 0.717) is 0 Å². The molecule has 5 nitrogen and oxygen atoms in total. The first-order valence-electron chi connectivity index (χ1n) is 3.80. The summed E-state index contributed by atoms with van der Waals surface area (Å²) >= 11 is 0. The maximum Gasteiger partial charge on any atom is 1.00 e. The maximum atomic E-state index is 10.7. The van der Waals surface area contributed by atoms with E-state index in [1.165, 1.54) is 6.08 Å². The third kappa shape index (κ3) is 12.8. The number of carbonyl (C=O) groups is 1. The van der Waals surface area contributed by atoms with Gasteiger partial charge in [-0.15, -0.1) is 0 Å². The molecule has 76 valence electrons. The third-order valence-corrected chi connectivity index (χ3v) is 1.98. The Morgan fingerprint density at radius 1 is 1.50 bits per heavy atom. The molecule has 0 saturated heterocycles. The molecule has 1 amide bonds. The van der Waals surface area contributed by atoms with Gasteiger partial charge >= 0.3 is 51.4 Å². The quantitative estimate of drug-likeness (QED) is 0.237. The molecule has 0 aliphatic rings. The van der Waals surface area contributed by atoms with E-state index >= 15 is 0 Å². The second-order valence-electron chi connectivity index (χ2n) is 2.41. The Balaban J connectivity index is 0. The maximum absolute atomic E-state index is 10.7. The van der Waals surface area contributed by atoms with Gasteiger partial charge in [0.15, 0.2) is 0 Å². The molecule has 0 radical (unpaired) electrons. The van der Waals surface area contributed by atoms with E-state index in [9.17, 15) is 17.8 Å². The van der Waals surface area contributed by atoms with Crippen LogP contribution in [-0.2, 0) is 14.9 Å². The average molecular weight is 245 g/mol. The minimum absolute atomic E-state index is 0. The van der Waals surface area contributed by atoms with Crippen LogP contribution in [-0.4, -0.2) is 31.2 Å². The molecule has 0 saturated carbocycles. The first kappa shape index (κ1) is 17.2. The normalized spacial score (nSPS) is 11.0. The minimum atomic E-state index is -4.15. The van der Waals surface area contributed by atoms with E-state index in [-0.39, 0.29) is 70.3 Å². The fourth-order valence-electron chi connectivity index (χ4n) is 0.671. The van der Waals surface area contributed by atoms with Crippen LogP contribution >= 0.6 is 0 Å². The van der Waals surface area contributed by atoms with Gasteiger partial charge in [-0.3, -0.25) is 4.79 Å². The van der Waals surface area contributed by atoms with Gasteiger partial charge in [-0.05, 0) is 19.4 Å². The molecule has 0 atom stereocenters. The van der Waals surface area contributed by atoms with Gasteiger partial charge in [0, 0.05) is 12.3 Å². The van der Waals surface area contributed by atoms with E-state index < -0.39 is 15.9 Å². The third-order valence-electron chi connectivity index (χ3n) is 1.19. The van der Waals surface area contributed by atoms with Gasteiger partial charge in [0.25, 0.3) is 0 Å². The van der Waals surface area contributed by atoms with Crippen molar-refractivity contribution in [2.45, 2.75) is 13.3 Å². The zero-order valence-corrected chi connectivity index (χ0v) is 12.3. The van der Waals surface area contributed by atoms with Crippen molar-refractivity contribution in [3.63, 3.8) is 0 Å². The second kappa shape index (κ2) is 9.02. The van der Waals surface area contributed by atoms with E-state index in [4.69, 9.17) is 0 Å². The van der Waals surface area contributed by atoms with Crippen LogP contribution in [0.2, 0.25) is 0 Å². The van der Waals surface area contributed by atoms with Crippen molar-refractivity contribution in [1.29, 1.82) is 0 Å². The molecule has 0 spiro atoms. The van der Waals surface area contributed by atoms with Crippen LogP contribution < -0.4 is 56.7 Å². The summed E-state index contributed by atoms with van der Waals surface area (Å²) in [6, 6.07) is 0. The fraction of sp³-hybridized carbons (Fsp3) is 0.571. The topological polar surface area (TPSA) is 86.3 Å². The predicted octanol–water partition coefficient (Wildman–Crippen LogP) is -3.38. The Kier molecular flexibility index (Phi) is 11.1. The van der Waals surface area contributed by atoms with Crippen molar-refractivity contribution in [3.05, 3.63) is 12.2 Å². The monoisotopic (exact) mass is 245 g/mol. The van der Waals surface area contributed by atoms with Gasteiger partial charge in [0.2, 0.25) is 5.91 Å². The summed E-state index contributed by atoms with van der Waals surface area (Å²) in [5.74, 6) is -0.728. The van der Waals surface area contributed by atoms with Crippen molar-refractivity contribution in [1.82, 2.24) is 5.32 Å². The van der Waals surface area contributed by atoms with Crippen molar-refractivity contribution >= 4 is 16.0 Å². The standard InChI is InChI=1S/C7H13NO4S.K/c1-2-4-7(9)8-5-3-6-13(10,11)12;/h2,4H,3,5-6H2,1H3,(H,8,9)(H,10,11,12);/q;+1/p-1. The molecule has 0 aromatic carbocycles. The van der Waals surface area contributed by atoms with Crippen molar-refractivity contribution in [3.8, 4) is 0 Å². The fourth-order valence-corrected chi connectivity index (χ4v) is 1.17.